The molecule has 0 spiro atoms. The average molecular weight is 552 g/mol. The molecule has 1 saturated heterocycles. The molecule has 1 aliphatic heterocycles. The van der Waals surface area contributed by atoms with Gasteiger partial charge < -0.3 is 20.9 Å². The summed E-state index contributed by atoms with van der Waals surface area (Å²) in [6.07, 6.45) is 3.34. The smallest absolute Gasteiger partial charge is 0.261 e. The molecule has 5 rings (SSSR count). The van der Waals surface area contributed by atoms with E-state index in [0.29, 0.717) is 34.6 Å². The minimum absolute atomic E-state index is 0.0625. The molecule has 8 nitrogen and oxygen atoms in total. The van der Waals surface area contributed by atoms with Crippen molar-refractivity contribution in [1.29, 1.82) is 0 Å². The van der Waals surface area contributed by atoms with E-state index in [1.807, 2.05) is 11.8 Å². The number of benzene rings is 1. The predicted molar refractivity (Wildman–Crippen MR) is 145 cm³/mol. The molecule has 0 radical (unpaired) electrons. The molecule has 2 heterocycles. The second-order valence-corrected chi connectivity index (χ2v) is 12.2. The maximum Gasteiger partial charge on any atom is 0.261 e. The number of fused-ring (bicyclic) bond motifs is 1. The number of thioether (sulfide) groups is 1. The number of nitrogens with one attached hydrogen (secondary N) is 1. The van der Waals surface area contributed by atoms with Crippen LogP contribution in [0, 0.1) is 17.7 Å². The van der Waals surface area contributed by atoms with Gasteiger partial charge in [0, 0.05) is 49.8 Å². The Balaban J connectivity index is 1.18. The van der Waals surface area contributed by atoms with Crippen LogP contribution in [0.1, 0.15) is 47.7 Å². The number of anilines is 2. The third kappa shape index (κ3) is 5.93. The SMILES string of the molecule is Cn1nc(C2CC3CC(O)(CSCCN4CCOCC4)C[C@@H]3C2)c(C(=O)Nc2ccc(F)c(Cl)c2)c1N. The van der Waals surface area contributed by atoms with E-state index in [9.17, 15) is 14.3 Å². The van der Waals surface area contributed by atoms with Gasteiger partial charge in [0.2, 0.25) is 0 Å². The zero-order valence-corrected chi connectivity index (χ0v) is 22.7. The predicted octanol–water partition coefficient (Wildman–Crippen LogP) is 3.75. The van der Waals surface area contributed by atoms with E-state index in [1.165, 1.54) is 22.9 Å². The van der Waals surface area contributed by atoms with Crippen LogP contribution in [-0.4, -0.2) is 75.6 Å². The molecule has 0 bridgehead atoms. The van der Waals surface area contributed by atoms with E-state index in [1.54, 1.807) is 7.05 Å². The number of aromatic nitrogens is 2. The van der Waals surface area contributed by atoms with E-state index in [2.05, 4.69) is 15.3 Å². The lowest BCUT2D eigenvalue weighted by Crippen LogP contribution is -2.38. The van der Waals surface area contributed by atoms with Crippen LogP contribution in [0.3, 0.4) is 0 Å². The van der Waals surface area contributed by atoms with Gasteiger partial charge in [-0.05, 0) is 55.7 Å². The molecule has 4 N–H and O–H groups in total. The Bertz CT molecular complexity index is 1130. The van der Waals surface area contributed by atoms with Crippen molar-refractivity contribution in [3.8, 4) is 0 Å². The van der Waals surface area contributed by atoms with Gasteiger partial charge in [0.25, 0.3) is 5.91 Å². The highest BCUT2D eigenvalue weighted by Crippen LogP contribution is 2.54. The molecule has 3 unspecified atom stereocenters. The Labute approximate surface area is 226 Å². The van der Waals surface area contributed by atoms with Gasteiger partial charge in [-0.15, -0.1) is 0 Å². The highest BCUT2D eigenvalue weighted by atomic mass is 35.5. The van der Waals surface area contributed by atoms with Crippen molar-refractivity contribution in [2.24, 2.45) is 18.9 Å². The number of nitrogens with two attached hydrogens (primary N) is 1. The van der Waals surface area contributed by atoms with Crippen molar-refractivity contribution in [2.75, 3.05) is 55.4 Å². The van der Waals surface area contributed by atoms with E-state index >= 15 is 0 Å². The summed E-state index contributed by atoms with van der Waals surface area (Å²) < 4.78 is 20.5. The molecule has 3 aliphatic rings. The number of carbonyl (C=O) groups excluding carboxylic acids is 1. The van der Waals surface area contributed by atoms with Crippen molar-refractivity contribution in [3.05, 3.63) is 40.3 Å². The van der Waals surface area contributed by atoms with Crippen LogP contribution in [-0.2, 0) is 11.8 Å². The van der Waals surface area contributed by atoms with Crippen molar-refractivity contribution < 1.29 is 19.0 Å². The summed E-state index contributed by atoms with van der Waals surface area (Å²) in [5.74, 6) is 2.07. The molecule has 2 aromatic rings. The fourth-order valence-electron chi connectivity index (χ4n) is 6.24. The minimum atomic E-state index is -0.624. The van der Waals surface area contributed by atoms with Crippen molar-refractivity contribution in [2.45, 2.75) is 37.2 Å². The number of hydrogen-bond acceptors (Lipinski definition) is 7. The summed E-state index contributed by atoms with van der Waals surface area (Å²) in [4.78, 5) is 15.6. The summed E-state index contributed by atoms with van der Waals surface area (Å²) in [7, 11) is 1.73. The van der Waals surface area contributed by atoms with Crippen molar-refractivity contribution in [3.63, 3.8) is 0 Å². The standard InChI is InChI=1S/C26H35ClFN5O3S/c1-32-24(29)22(25(34)30-19-2-3-21(28)20(27)12-19)23(31-32)16-10-17-13-26(35,14-18(17)11-16)15-37-9-6-33-4-7-36-8-5-33/h2-3,12,16-18,35H,4-11,13-15,29H2,1H3,(H,30,34)/t16?,17-,18?,26?/m0/s1. The molecule has 3 fully saturated rings. The topological polar surface area (TPSA) is 106 Å². The molecule has 37 heavy (non-hydrogen) atoms. The van der Waals surface area contributed by atoms with E-state index in [0.717, 1.165) is 70.0 Å². The highest BCUT2D eigenvalue weighted by molar-refractivity contribution is 7.99. The zero-order valence-electron chi connectivity index (χ0n) is 21.1. The summed E-state index contributed by atoms with van der Waals surface area (Å²) in [6.45, 7) is 4.64. The Morgan fingerprint density at radius 1 is 1.32 bits per heavy atom. The molecular formula is C26H35ClFN5O3S. The van der Waals surface area contributed by atoms with Gasteiger partial charge in [0.05, 0.1) is 29.5 Å². The van der Waals surface area contributed by atoms with Crippen molar-refractivity contribution >= 4 is 40.8 Å². The first-order valence-corrected chi connectivity index (χ1v) is 14.4. The quantitative estimate of drug-likeness (QED) is 0.429. The molecule has 202 valence electrons. The van der Waals surface area contributed by atoms with E-state index in [-0.39, 0.29) is 16.8 Å². The Morgan fingerprint density at radius 2 is 2.03 bits per heavy atom. The first-order valence-electron chi connectivity index (χ1n) is 12.9. The lowest BCUT2D eigenvalue weighted by atomic mass is 9.92. The monoisotopic (exact) mass is 551 g/mol. The van der Waals surface area contributed by atoms with E-state index < -0.39 is 11.4 Å². The molecule has 2 aliphatic carbocycles. The number of carbonyl (C=O) groups is 1. The number of morpholine rings is 1. The molecule has 2 saturated carbocycles. The van der Waals surface area contributed by atoms with Gasteiger partial charge in [-0.1, -0.05) is 11.6 Å². The summed E-state index contributed by atoms with van der Waals surface area (Å²) in [5.41, 5.74) is 7.09. The molecular weight excluding hydrogens is 517 g/mol. The zero-order chi connectivity index (χ0) is 26.2. The number of aryl methyl sites for hydroxylation is 1. The minimum Gasteiger partial charge on any atom is -0.389 e. The van der Waals surface area contributed by atoms with E-state index in [4.69, 9.17) is 22.1 Å². The van der Waals surface area contributed by atoms with Gasteiger partial charge >= 0.3 is 0 Å². The van der Waals surface area contributed by atoms with Crippen molar-refractivity contribution in [1.82, 2.24) is 14.7 Å². The van der Waals surface area contributed by atoms with Gasteiger partial charge in [-0.3, -0.25) is 14.4 Å². The number of nitrogens with zero attached hydrogens (tertiary/aromatic N) is 3. The number of ether oxygens (including phenoxy) is 1. The lowest BCUT2D eigenvalue weighted by Gasteiger charge is -2.28. The highest BCUT2D eigenvalue weighted by Gasteiger charge is 2.49. The second kappa shape index (κ2) is 11.1. The summed E-state index contributed by atoms with van der Waals surface area (Å²) >= 11 is 7.71. The second-order valence-electron chi connectivity index (χ2n) is 10.7. The number of halogens is 2. The normalized spacial score (nSPS) is 27.9. The molecule has 1 aromatic heterocycles. The third-order valence-electron chi connectivity index (χ3n) is 8.06. The average Bonchev–Trinajstić information content (AvgIpc) is 3.49. The van der Waals surface area contributed by atoms with Gasteiger partial charge in [-0.2, -0.15) is 16.9 Å². The van der Waals surface area contributed by atoms with Crippen LogP contribution in [0.2, 0.25) is 5.02 Å². The fourth-order valence-corrected chi connectivity index (χ4v) is 7.57. The summed E-state index contributed by atoms with van der Waals surface area (Å²) in [5, 5.41) is 18.6. The fraction of sp³-hybridized carbons (Fsp3) is 0.615. The Morgan fingerprint density at radius 3 is 2.70 bits per heavy atom. The van der Waals surface area contributed by atoms with Crippen LogP contribution in [0.4, 0.5) is 15.9 Å². The molecule has 11 heteroatoms. The van der Waals surface area contributed by atoms with Crippen LogP contribution in [0.15, 0.2) is 18.2 Å². The van der Waals surface area contributed by atoms with Gasteiger partial charge in [0.15, 0.2) is 0 Å². The van der Waals surface area contributed by atoms with Gasteiger partial charge in [0.1, 0.15) is 17.2 Å². The number of hydrogen-bond donors (Lipinski definition) is 3. The van der Waals surface area contributed by atoms with Crippen LogP contribution >= 0.6 is 23.4 Å². The Kier molecular flexibility index (Phi) is 8.02. The Hall–Kier alpha value is -1.85. The summed E-state index contributed by atoms with van der Waals surface area (Å²) in [6, 6.07) is 4.05. The van der Waals surface area contributed by atoms with Gasteiger partial charge in [-0.25, -0.2) is 4.39 Å². The molecule has 4 atom stereocenters. The number of nitrogen functional groups attached to an aromatic ring is 1. The molecule has 1 amide bonds. The largest absolute Gasteiger partial charge is 0.389 e. The maximum atomic E-state index is 13.5. The van der Waals surface area contributed by atoms with Crippen LogP contribution < -0.4 is 11.1 Å². The first kappa shape index (κ1) is 26.7. The van der Waals surface area contributed by atoms with Crippen LogP contribution in [0.25, 0.3) is 0 Å². The lowest BCUT2D eigenvalue weighted by molar-refractivity contribution is 0.0408. The number of rotatable bonds is 8. The molecule has 1 aromatic carbocycles. The number of amides is 1. The van der Waals surface area contributed by atoms with Crippen LogP contribution in [0.5, 0.6) is 0 Å². The first-order chi connectivity index (χ1) is 17.7. The maximum absolute atomic E-state index is 13.5. The number of aliphatic hydroxyl groups is 1. The third-order valence-corrected chi connectivity index (χ3v) is 9.56.